The largest absolute Gasteiger partial charge is 0.494 e. The molecule has 0 aliphatic rings. The summed E-state index contributed by atoms with van der Waals surface area (Å²) in [5.41, 5.74) is 0.313. The van der Waals surface area contributed by atoms with Crippen LogP contribution in [-0.2, 0) is 6.54 Å². The smallest absolute Gasteiger partial charge is 0.356 e. The molecule has 0 fully saturated rings. The first-order valence-corrected chi connectivity index (χ1v) is 5.20. The van der Waals surface area contributed by atoms with Gasteiger partial charge in [0.1, 0.15) is 0 Å². The Morgan fingerprint density at radius 1 is 1.50 bits per heavy atom. The van der Waals surface area contributed by atoms with Crippen LogP contribution in [0, 0.1) is 5.82 Å². The monoisotopic (exact) mass is 250 g/mol. The summed E-state index contributed by atoms with van der Waals surface area (Å²) in [4.78, 5) is 10.7. The highest BCUT2D eigenvalue weighted by Gasteiger charge is 2.11. The zero-order chi connectivity index (χ0) is 13.1. The molecule has 0 spiro atoms. The second kappa shape index (κ2) is 4.87. The number of rotatable bonds is 4. The number of carbonyl (C=O) groups is 1. The van der Waals surface area contributed by atoms with E-state index < -0.39 is 11.8 Å². The quantitative estimate of drug-likeness (QED) is 0.898. The van der Waals surface area contributed by atoms with Gasteiger partial charge in [0.15, 0.2) is 17.3 Å². The first kappa shape index (κ1) is 12.1. The standard InChI is InChI=1S/C12H11FN2O3/c1-18-10-4-2-3-8(11(10)13)7-15-6-5-9(14-15)12(16)17/h2-6H,7H2,1H3,(H,16,17). The summed E-state index contributed by atoms with van der Waals surface area (Å²) in [5.74, 6) is -1.43. The Morgan fingerprint density at radius 3 is 2.89 bits per heavy atom. The van der Waals surface area contributed by atoms with Crippen LogP contribution in [0.3, 0.4) is 0 Å². The SMILES string of the molecule is COc1cccc(Cn2ccc(C(=O)O)n2)c1F. The van der Waals surface area contributed by atoms with E-state index in [1.807, 2.05) is 0 Å². The van der Waals surface area contributed by atoms with E-state index in [0.29, 0.717) is 5.56 Å². The molecule has 0 aliphatic carbocycles. The minimum Gasteiger partial charge on any atom is -0.494 e. The Labute approximate surface area is 102 Å². The van der Waals surface area contributed by atoms with Gasteiger partial charge in [-0.25, -0.2) is 9.18 Å². The third-order valence-corrected chi connectivity index (χ3v) is 2.46. The van der Waals surface area contributed by atoms with Crippen LogP contribution >= 0.6 is 0 Å². The summed E-state index contributed by atoms with van der Waals surface area (Å²) >= 11 is 0. The van der Waals surface area contributed by atoms with Gasteiger partial charge in [-0.05, 0) is 12.1 Å². The van der Waals surface area contributed by atoms with E-state index in [-0.39, 0.29) is 18.0 Å². The Kier molecular flexibility index (Phi) is 3.27. The fraction of sp³-hybridized carbons (Fsp3) is 0.167. The molecular formula is C12H11FN2O3. The van der Waals surface area contributed by atoms with Crippen molar-refractivity contribution >= 4 is 5.97 Å². The maximum Gasteiger partial charge on any atom is 0.356 e. The van der Waals surface area contributed by atoms with Gasteiger partial charge in [-0.15, -0.1) is 0 Å². The lowest BCUT2D eigenvalue weighted by atomic mass is 10.2. The Bertz CT molecular complexity index is 580. The topological polar surface area (TPSA) is 64.3 Å². The van der Waals surface area contributed by atoms with Crippen molar-refractivity contribution < 1.29 is 19.0 Å². The molecule has 0 unspecified atom stereocenters. The lowest BCUT2D eigenvalue weighted by Gasteiger charge is -2.07. The fourth-order valence-electron chi connectivity index (χ4n) is 1.57. The molecule has 2 rings (SSSR count). The van der Waals surface area contributed by atoms with E-state index >= 15 is 0 Å². The van der Waals surface area contributed by atoms with Crippen molar-refractivity contribution in [3.63, 3.8) is 0 Å². The first-order valence-electron chi connectivity index (χ1n) is 5.20. The van der Waals surface area contributed by atoms with Gasteiger partial charge in [0.05, 0.1) is 13.7 Å². The molecule has 94 valence electrons. The molecule has 0 aliphatic heterocycles. The second-order valence-electron chi connectivity index (χ2n) is 3.64. The third kappa shape index (κ3) is 2.32. The highest BCUT2D eigenvalue weighted by molar-refractivity contribution is 5.85. The number of aromatic carboxylic acids is 1. The molecule has 0 saturated carbocycles. The van der Waals surface area contributed by atoms with Gasteiger partial charge in [-0.3, -0.25) is 4.68 Å². The van der Waals surface area contributed by atoms with Crippen LogP contribution in [0.1, 0.15) is 16.1 Å². The zero-order valence-electron chi connectivity index (χ0n) is 9.63. The van der Waals surface area contributed by atoms with Gasteiger partial charge in [-0.2, -0.15) is 5.10 Å². The number of hydrogen-bond donors (Lipinski definition) is 1. The summed E-state index contributed by atoms with van der Waals surface area (Å²) in [6.45, 7) is 0.149. The molecule has 2 aromatic rings. The molecule has 18 heavy (non-hydrogen) atoms. The van der Waals surface area contributed by atoms with Gasteiger partial charge in [0, 0.05) is 11.8 Å². The van der Waals surface area contributed by atoms with Crippen LogP contribution in [-0.4, -0.2) is 28.0 Å². The third-order valence-electron chi connectivity index (χ3n) is 2.46. The molecule has 0 radical (unpaired) electrons. The van der Waals surface area contributed by atoms with Gasteiger partial charge < -0.3 is 9.84 Å². The van der Waals surface area contributed by atoms with Crippen molar-refractivity contribution in [2.45, 2.75) is 6.54 Å². The van der Waals surface area contributed by atoms with E-state index in [1.165, 1.54) is 30.1 Å². The van der Waals surface area contributed by atoms with Gasteiger partial charge in [-0.1, -0.05) is 12.1 Å². The normalized spacial score (nSPS) is 10.3. The number of carboxylic acid groups (broad SMARTS) is 1. The molecule has 0 atom stereocenters. The van der Waals surface area contributed by atoms with Crippen LogP contribution < -0.4 is 4.74 Å². The summed E-state index contributed by atoms with van der Waals surface area (Å²) in [6, 6.07) is 6.14. The maximum absolute atomic E-state index is 13.8. The summed E-state index contributed by atoms with van der Waals surface area (Å²) in [7, 11) is 1.39. The molecule has 1 N–H and O–H groups in total. The number of nitrogens with zero attached hydrogens (tertiary/aromatic N) is 2. The van der Waals surface area contributed by atoms with Gasteiger partial charge in [0.25, 0.3) is 0 Å². The van der Waals surface area contributed by atoms with E-state index in [1.54, 1.807) is 12.1 Å². The first-order chi connectivity index (χ1) is 8.61. The molecule has 1 aromatic heterocycles. The highest BCUT2D eigenvalue weighted by Crippen LogP contribution is 2.20. The van der Waals surface area contributed by atoms with Crippen LogP contribution in [0.2, 0.25) is 0 Å². The number of hydrogen-bond acceptors (Lipinski definition) is 3. The number of halogens is 1. The van der Waals surface area contributed by atoms with Crippen LogP contribution in [0.4, 0.5) is 4.39 Å². The highest BCUT2D eigenvalue weighted by atomic mass is 19.1. The number of aromatic nitrogens is 2. The number of carboxylic acids is 1. The molecule has 6 heteroatoms. The van der Waals surface area contributed by atoms with Crippen molar-refractivity contribution in [1.29, 1.82) is 0 Å². The molecule has 1 aromatic carbocycles. The Morgan fingerprint density at radius 2 is 2.28 bits per heavy atom. The zero-order valence-corrected chi connectivity index (χ0v) is 9.63. The van der Waals surface area contributed by atoms with E-state index in [2.05, 4.69) is 5.10 Å². The maximum atomic E-state index is 13.8. The number of ether oxygens (including phenoxy) is 1. The number of methoxy groups -OCH3 is 1. The lowest BCUT2D eigenvalue weighted by Crippen LogP contribution is -2.06. The summed E-state index contributed by atoms with van der Waals surface area (Å²) in [6.07, 6.45) is 1.49. The molecule has 0 saturated heterocycles. The minimum absolute atomic E-state index is 0.0710. The van der Waals surface area contributed by atoms with E-state index in [9.17, 15) is 9.18 Å². The molecule has 5 nitrogen and oxygen atoms in total. The van der Waals surface area contributed by atoms with Crippen LogP contribution in [0.5, 0.6) is 5.75 Å². The average molecular weight is 250 g/mol. The van der Waals surface area contributed by atoms with Crippen LogP contribution in [0.25, 0.3) is 0 Å². The fourth-order valence-corrected chi connectivity index (χ4v) is 1.57. The van der Waals surface area contributed by atoms with Gasteiger partial charge in [0.2, 0.25) is 0 Å². The lowest BCUT2D eigenvalue weighted by molar-refractivity contribution is 0.0689. The van der Waals surface area contributed by atoms with Gasteiger partial charge >= 0.3 is 5.97 Å². The van der Waals surface area contributed by atoms with Crippen molar-refractivity contribution in [3.8, 4) is 5.75 Å². The van der Waals surface area contributed by atoms with E-state index in [4.69, 9.17) is 9.84 Å². The van der Waals surface area contributed by atoms with Crippen molar-refractivity contribution in [2.75, 3.05) is 7.11 Å². The van der Waals surface area contributed by atoms with Crippen molar-refractivity contribution in [2.24, 2.45) is 0 Å². The van der Waals surface area contributed by atoms with Crippen LogP contribution in [0.15, 0.2) is 30.5 Å². The number of benzene rings is 1. The molecular weight excluding hydrogens is 239 g/mol. The predicted molar refractivity (Wildman–Crippen MR) is 61.2 cm³/mol. The molecule has 1 heterocycles. The predicted octanol–water partition coefficient (Wildman–Crippen LogP) is 1.78. The summed E-state index contributed by atoms with van der Waals surface area (Å²) < 4.78 is 20.1. The molecule has 0 bridgehead atoms. The van der Waals surface area contributed by atoms with Crippen molar-refractivity contribution in [3.05, 3.63) is 47.5 Å². The Balaban J connectivity index is 2.25. The Hall–Kier alpha value is -2.37. The molecule has 0 amide bonds. The van der Waals surface area contributed by atoms with E-state index in [0.717, 1.165) is 0 Å². The average Bonchev–Trinajstić information content (AvgIpc) is 2.80. The second-order valence-corrected chi connectivity index (χ2v) is 3.64. The minimum atomic E-state index is -1.11. The summed E-state index contributed by atoms with van der Waals surface area (Å²) in [5, 5.41) is 12.5. The van der Waals surface area contributed by atoms with Crippen molar-refractivity contribution in [1.82, 2.24) is 9.78 Å².